The number of nitrogens with one attached hydrogen (secondary N) is 1. The van der Waals surface area contributed by atoms with E-state index in [1.54, 1.807) is 13.0 Å². The van der Waals surface area contributed by atoms with E-state index in [0.717, 1.165) is 12.0 Å². The molecular formula is C18H21N3O3. The van der Waals surface area contributed by atoms with Gasteiger partial charge < -0.3 is 9.42 Å². The maximum Gasteiger partial charge on any atom is 0.315 e. The Labute approximate surface area is 141 Å². The van der Waals surface area contributed by atoms with Crippen molar-refractivity contribution in [1.29, 1.82) is 0 Å². The van der Waals surface area contributed by atoms with Crippen LogP contribution in [0.2, 0.25) is 0 Å². The Morgan fingerprint density at radius 1 is 1.29 bits per heavy atom. The van der Waals surface area contributed by atoms with Gasteiger partial charge in [-0.3, -0.25) is 14.9 Å². The molecule has 0 unspecified atom stereocenters. The second-order valence-electron chi connectivity index (χ2n) is 5.34. The van der Waals surface area contributed by atoms with Gasteiger partial charge in [0.05, 0.1) is 0 Å². The number of carbonyl (C=O) groups is 2. The molecule has 1 heterocycles. The van der Waals surface area contributed by atoms with Crippen LogP contribution in [0.5, 0.6) is 0 Å². The molecule has 0 fully saturated rings. The summed E-state index contributed by atoms with van der Waals surface area (Å²) in [4.78, 5) is 25.9. The van der Waals surface area contributed by atoms with Gasteiger partial charge in [0.15, 0.2) is 5.82 Å². The lowest BCUT2D eigenvalue weighted by Gasteiger charge is -2.19. The molecule has 126 valence electrons. The molecule has 0 spiro atoms. The van der Waals surface area contributed by atoms with Crippen LogP contribution in [-0.2, 0) is 9.59 Å². The second-order valence-corrected chi connectivity index (χ2v) is 5.34. The quantitative estimate of drug-likeness (QED) is 0.828. The van der Waals surface area contributed by atoms with Crippen molar-refractivity contribution in [3.05, 3.63) is 53.8 Å². The molecule has 0 atom stereocenters. The fourth-order valence-electron chi connectivity index (χ4n) is 2.16. The maximum atomic E-state index is 12.3. The van der Waals surface area contributed by atoms with E-state index >= 15 is 0 Å². The maximum absolute atomic E-state index is 12.3. The minimum absolute atomic E-state index is 0.238. The van der Waals surface area contributed by atoms with E-state index in [0.29, 0.717) is 18.8 Å². The molecule has 2 amide bonds. The van der Waals surface area contributed by atoms with Crippen LogP contribution in [0.1, 0.15) is 24.7 Å². The van der Waals surface area contributed by atoms with Gasteiger partial charge in [-0.25, -0.2) is 0 Å². The Morgan fingerprint density at radius 3 is 2.67 bits per heavy atom. The van der Waals surface area contributed by atoms with Crippen LogP contribution in [0, 0.1) is 6.92 Å². The summed E-state index contributed by atoms with van der Waals surface area (Å²) in [6.07, 6.45) is 4.56. The zero-order valence-electron chi connectivity index (χ0n) is 13.9. The first kappa shape index (κ1) is 17.5. The van der Waals surface area contributed by atoms with Gasteiger partial charge in [-0.1, -0.05) is 54.6 Å². The third kappa shape index (κ3) is 5.08. The molecule has 0 saturated carbocycles. The summed E-state index contributed by atoms with van der Waals surface area (Å²) in [5.41, 5.74) is 1.05. The summed E-state index contributed by atoms with van der Waals surface area (Å²) in [5.74, 6) is -0.504. The monoisotopic (exact) mass is 327 g/mol. The predicted octanol–water partition coefficient (Wildman–Crippen LogP) is 2.87. The van der Waals surface area contributed by atoms with Crippen molar-refractivity contribution in [3.63, 3.8) is 0 Å². The van der Waals surface area contributed by atoms with Gasteiger partial charge in [0.25, 0.3) is 0 Å². The van der Waals surface area contributed by atoms with Gasteiger partial charge in [0.2, 0.25) is 0 Å². The number of nitrogens with zero attached hydrogens (tertiary/aromatic N) is 2. The average Bonchev–Trinajstić information content (AvgIpc) is 2.99. The summed E-state index contributed by atoms with van der Waals surface area (Å²) < 4.78 is 4.87. The number of aromatic nitrogens is 1. The van der Waals surface area contributed by atoms with Gasteiger partial charge >= 0.3 is 11.8 Å². The first-order valence-electron chi connectivity index (χ1n) is 7.85. The zero-order valence-corrected chi connectivity index (χ0v) is 13.9. The molecule has 1 aromatic carbocycles. The molecule has 0 aliphatic carbocycles. The minimum atomic E-state index is -0.718. The van der Waals surface area contributed by atoms with Crippen LogP contribution in [0.15, 0.2) is 47.0 Å². The highest BCUT2D eigenvalue weighted by molar-refractivity contribution is 6.39. The molecule has 6 heteroatoms. The molecule has 0 aliphatic heterocycles. The first-order valence-corrected chi connectivity index (χ1v) is 7.85. The van der Waals surface area contributed by atoms with Crippen molar-refractivity contribution >= 4 is 23.7 Å². The largest absolute Gasteiger partial charge is 0.360 e. The van der Waals surface area contributed by atoms with Crippen LogP contribution in [0.25, 0.3) is 6.08 Å². The predicted molar refractivity (Wildman–Crippen MR) is 92.2 cm³/mol. The Kier molecular flexibility index (Phi) is 6.31. The minimum Gasteiger partial charge on any atom is -0.360 e. The lowest BCUT2D eigenvalue weighted by Crippen LogP contribution is -2.40. The van der Waals surface area contributed by atoms with E-state index in [-0.39, 0.29) is 5.82 Å². The van der Waals surface area contributed by atoms with Crippen molar-refractivity contribution in [2.24, 2.45) is 0 Å². The van der Waals surface area contributed by atoms with Crippen LogP contribution in [0.4, 0.5) is 5.82 Å². The molecule has 24 heavy (non-hydrogen) atoms. The van der Waals surface area contributed by atoms with Crippen LogP contribution in [0.3, 0.4) is 0 Å². The summed E-state index contributed by atoms with van der Waals surface area (Å²) in [7, 11) is 0. The van der Waals surface area contributed by atoms with Crippen molar-refractivity contribution in [3.8, 4) is 0 Å². The highest BCUT2D eigenvalue weighted by atomic mass is 16.5. The molecular weight excluding hydrogens is 306 g/mol. The number of aryl methyl sites for hydroxylation is 1. The van der Waals surface area contributed by atoms with Crippen molar-refractivity contribution in [2.75, 3.05) is 18.4 Å². The topological polar surface area (TPSA) is 75.4 Å². The Bertz CT molecular complexity index is 707. The summed E-state index contributed by atoms with van der Waals surface area (Å²) >= 11 is 0. The standard InChI is InChI=1S/C18H21N3O3/c1-3-11-21(12-7-10-15-8-5-4-6-9-15)18(23)17(22)19-16-13-14(2)24-20-16/h4-10,13H,3,11-12H2,1-2H3,(H,19,20,22). The van der Waals surface area contributed by atoms with E-state index in [1.807, 2.05) is 49.4 Å². The number of hydrogen-bond acceptors (Lipinski definition) is 4. The van der Waals surface area contributed by atoms with E-state index in [2.05, 4.69) is 10.5 Å². The Balaban J connectivity index is 1.96. The Morgan fingerprint density at radius 2 is 2.04 bits per heavy atom. The van der Waals surface area contributed by atoms with Gasteiger partial charge in [0.1, 0.15) is 5.76 Å². The summed E-state index contributed by atoms with van der Waals surface area (Å²) in [5, 5.41) is 6.10. The fourth-order valence-corrected chi connectivity index (χ4v) is 2.16. The number of benzene rings is 1. The summed E-state index contributed by atoms with van der Waals surface area (Å²) in [6, 6.07) is 11.3. The molecule has 0 aliphatic rings. The number of hydrogen-bond donors (Lipinski definition) is 1. The molecule has 6 nitrogen and oxygen atoms in total. The molecule has 0 radical (unpaired) electrons. The fraction of sp³-hybridized carbons (Fsp3) is 0.278. The number of amides is 2. The van der Waals surface area contributed by atoms with Crippen LogP contribution >= 0.6 is 0 Å². The van der Waals surface area contributed by atoms with E-state index < -0.39 is 11.8 Å². The Hall–Kier alpha value is -2.89. The summed E-state index contributed by atoms with van der Waals surface area (Å²) in [6.45, 7) is 4.54. The molecule has 0 bridgehead atoms. The van der Waals surface area contributed by atoms with Gasteiger partial charge in [-0.15, -0.1) is 0 Å². The van der Waals surface area contributed by atoms with E-state index in [9.17, 15) is 9.59 Å². The van der Waals surface area contributed by atoms with Gasteiger partial charge in [-0.2, -0.15) is 0 Å². The van der Waals surface area contributed by atoms with Gasteiger partial charge in [-0.05, 0) is 18.9 Å². The lowest BCUT2D eigenvalue weighted by molar-refractivity contribution is -0.142. The highest BCUT2D eigenvalue weighted by Crippen LogP contribution is 2.08. The SMILES string of the molecule is CCCN(CC=Cc1ccccc1)C(=O)C(=O)Nc1cc(C)on1. The first-order chi connectivity index (χ1) is 11.6. The zero-order chi connectivity index (χ0) is 17.4. The molecule has 1 N–H and O–H groups in total. The highest BCUT2D eigenvalue weighted by Gasteiger charge is 2.21. The smallest absolute Gasteiger partial charge is 0.315 e. The van der Waals surface area contributed by atoms with E-state index in [4.69, 9.17) is 4.52 Å². The molecule has 1 aromatic heterocycles. The normalized spacial score (nSPS) is 10.8. The molecule has 2 rings (SSSR count). The van der Waals surface area contributed by atoms with Gasteiger partial charge in [0, 0.05) is 19.2 Å². The second kappa shape index (κ2) is 8.67. The van der Waals surface area contributed by atoms with Crippen LogP contribution in [-0.4, -0.2) is 35.0 Å². The average molecular weight is 327 g/mol. The van der Waals surface area contributed by atoms with Crippen LogP contribution < -0.4 is 5.32 Å². The number of rotatable bonds is 6. The lowest BCUT2D eigenvalue weighted by atomic mass is 10.2. The number of carbonyl (C=O) groups excluding carboxylic acids is 2. The molecule has 0 saturated heterocycles. The van der Waals surface area contributed by atoms with Crippen molar-refractivity contribution < 1.29 is 14.1 Å². The third-order valence-electron chi connectivity index (χ3n) is 3.28. The molecule has 2 aromatic rings. The number of anilines is 1. The van der Waals surface area contributed by atoms with E-state index in [1.165, 1.54) is 4.90 Å². The third-order valence-corrected chi connectivity index (χ3v) is 3.28. The van der Waals surface area contributed by atoms with Crippen molar-refractivity contribution in [2.45, 2.75) is 20.3 Å². The van der Waals surface area contributed by atoms with Crippen molar-refractivity contribution in [1.82, 2.24) is 10.1 Å².